The van der Waals surface area contributed by atoms with Crippen molar-refractivity contribution in [1.82, 2.24) is 19.8 Å². The number of aromatic nitrogens is 2. The van der Waals surface area contributed by atoms with Gasteiger partial charge in [0, 0.05) is 42.5 Å². The van der Waals surface area contributed by atoms with Crippen molar-refractivity contribution in [2.45, 2.75) is 90.6 Å². The van der Waals surface area contributed by atoms with Gasteiger partial charge >= 0.3 is 6.09 Å². The highest BCUT2D eigenvalue weighted by molar-refractivity contribution is 5.68. The number of carbonyl (C=O) groups is 1. The van der Waals surface area contributed by atoms with E-state index in [1.807, 2.05) is 47.1 Å². The molecule has 1 aromatic rings. The third kappa shape index (κ3) is 6.34. The van der Waals surface area contributed by atoms with E-state index in [4.69, 9.17) is 4.74 Å². The molecule has 0 saturated heterocycles. The van der Waals surface area contributed by atoms with E-state index in [0.717, 1.165) is 18.3 Å². The normalized spacial score (nSPS) is 16.8. The predicted molar refractivity (Wildman–Crippen MR) is 99.6 cm³/mol. The standard InChI is InChI=1S/C19H34N4O2/c1-14(22(7)15-8-9-15)12-23-13-20-11-16(23)10-19(5,6)21-17(24)25-18(2,3)4/h11,13-15H,8-10,12H2,1-7H3,(H,21,24). The third-order valence-corrected chi connectivity index (χ3v) is 4.54. The van der Waals surface area contributed by atoms with Crippen LogP contribution in [0.25, 0.3) is 0 Å². The lowest BCUT2D eigenvalue weighted by Crippen LogP contribution is -2.47. The number of likely N-dealkylation sites (N-methyl/N-ethyl adjacent to an activating group) is 1. The molecule has 0 spiro atoms. The van der Waals surface area contributed by atoms with Crippen molar-refractivity contribution >= 4 is 6.09 Å². The van der Waals surface area contributed by atoms with Gasteiger partial charge < -0.3 is 14.6 Å². The molecule has 0 aliphatic heterocycles. The van der Waals surface area contributed by atoms with E-state index in [9.17, 15) is 4.79 Å². The Kier molecular flexibility index (Phi) is 5.82. The molecule has 1 amide bonds. The van der Waals surface area contributed by atoms with Crippen LogP contribution in [0.5, 0.6) is 0 Å². The van der Waals surface area contributed by atoms with E-state index in [-0.39, 0.29) is 6.09 Å². The van der Waals surface area contributed by atoms with Crippen molar-refractivity contribution in [3.8, 4) is 0 Å². The Morgan fingerprint density at radius 1 is 1.40 bits per heavy atom. The van der Waals surface area contributed by atoms with E-state index >= 15 is 0 Å². The van der Waals surface area contributed by atoms with Crippen molar-refractivity contribution in [2.24, 2.45) is 0 Å². The van der Waals surface area contributed by atoms with Crippen LogP contribution in [0.15, 0.2) is 12.5 Å². The zero-order valence-corrected chi connectivity index (χ0v) is 16.8. The fourth-order valence-corrected chi connectivity index (χ4v) is 2.99. The van der Waals surface area contributed by atoms with Crippen molar-refractivity contribution in [3.05, 3.63) is 18.2 Å². The van der Waals surface area contributed by atoms with Gasteiger partial charge in [0.15, 0.2) is 0 Å². The Morgan fingerprint density at radius 3 is 2.60 bits per heavy atom. The van der Waals surface area contributed by atoms with Crippen molar-refractivity contribution in [1.29, 1.82) is 0 Å². The highest BCUT2D eigenvalue weighted by Gasteiger charge is 2.30. The zero-order valence-electron chi connectivity index (χ0n) is 16.8. The van der Waals surface area contributed by atoms with Gasteiger partial charge in [0.1, 0.15) is 5.60 Å². The van der Waals surface area contributed by atoms with Crippen LogP contribution in [0.1, 0.15) is 60.1 Å². The van der Waals surface area contributed by atoms with Gasteiger partial charge in [-0.1, -0.05) is 0 Å². The predicted octanol–water partition coefficient (Wildman–Crippen LogP) is 3.21. The molecule has 1 atom stereocenters. The summed E-state index contributed by atoms with van der Waals surface area (Å²) in [6.07, 6.45) is 6.71. The van der Waals surface area contributed by atoms with E-state index in [1.165, 1.54) is 12.8 Å². The molecule has 0 aromatic carbocycles. The summed E-state index contributed by atoms with van der Waals surface area (Å²) in [5, 5.41) is 2.97. The molecule has 1 aliphatic carbocycles. The smallest absolute Gasteiger partial charge is 0.408 e. The van der Waals surface area contributed by atoms with Gasteiger partial charge in [-0.25, -0.2) is 9.78 Å². The number of nitrogens with zero attached hydrogens (tertiary/aromatic N) is 3. The Morgan fingerprint density at radius 2 is 2.04 bits per heavy atom. The molecule has 1 fully saturated rings. The van der Waals surface area contributed by atoms with Crippen molar-refractivity contribution in [3.63, 3.8) is 0 Å². The molecule has 1 saturated carbocycles. The number of amides is 1. The first-order valence-corrected chi connectivity index (χ1v) is 9.19. The Bertz CT molecular complexity index is 584. The summed E-state index contributed by atoms with van der Waals surface area (Å²) in [4.78, 5) is 18.8. The lowest BCUT2D eigenvalue weighted by molar-refractivity contribution is 0.0471. The monoisotopic (exact) mass is 350 g/mol. The summed E-state index contributed by atoms with van der Waals surface area (Å²) in [6.45, 7) is 12.8. The Hall–Kier alpha value is -1.56. The first-order valence-electron chi connectivity index (χ1n) is 9.19. The molecular formula is C19H34N4O2. The number of alkyl carbamates (subject to hydrolysis) is 1. The van der Waals surface area contributed by atoms with Gasteiger partial charge in [-0.2, -0.15) is 0 Å². The highest BCUT2D eigenvalue weighted by Crippen LogP contribution is 2.27. The van der Waals surface area contributed by atoms with Crippen LogP contribution in [0, 0.1) is 0 Å². The first kappa shape index (κ1) is 19.8. The lowest BCUT2D eigenvalue weighted by Gasteiger charge is -2.30. The molecule has 142 valence electrons. The van der Waals surface area contributed by atoms with E-state index < -0.39 is 11.1 Å². The maximum atomic E-state index is 12.1. The van der Waals surface area contributed by atoms with E-state index in [1.54, 1.807) is 0 Å². The lowest BCUT2D eigenvalue weighted by atomic mass is 9.99. The average molecular weight is 351 g/mol. The minimum Gasteiger partial charge on any atom is -0.444 e. The maximum Gasteiger partial charge on any atom is 0.408 e. The van der Waals surface area contributed by atoms with Gasteiger partial charge in [0.05, 0.1) is 6.33 Å². The molecule has 1 N–H and O–H groups in total. The molecule has 6 nitrogen and oxygen atoms in total. The second-order valence-corrected chi connectivity index (χ2v) is 8.97. The third-order valence-electron chi connectivity index (χ3n) is 4.54. The molecule has 25 heavy (non-hydrogen) atoms. The molecule has 0 bridgehead atoms. The SMILES string of the molecule is CC(Cn1cncc1CC(C)(C)NC(=O)OC(C)(C)C)N(C)C1CC1. The number of ether oxygens (including phenoxy) is 1. The van der Waals surface area contributed by atoms with Gasteiger partial charge in [0.2, 0.25) is 0 Å². The topological polar surface area (TPSA) is 59.4 Å². The summed E-state index contributed by atoms with van der Waals surface area (Å²) in [5.41, 5.74) is 0.216. The molecule has 1 heterocycles. The minimum atomic E-state index is -0.495. The van der Waals surface area contributed by atoms with Gasteiger partial charge in [-0.05, 0) is 61.4 Å². The summed E-state index contributed by atoms with van der Waals surface area (Å²) in [7, 11) is 2.20. The maximum absolute atomic E-state index is 12.1. The molecule has 6 heteroatoms. The van der Waals surface area contributed by atoms with Crippen LogP contribution in [-0.4, -0.2) is 50.8 Å². The van der Waals surface area contributed by atoms with E-state index in [0.29, 0.717) is 12.5 Å². The molecule has 1 aromatic heterocycles. The number of imidazole rings is 1. The van der Waals surface area contributed by atoms with Crippen LogP contribution in [0.2, 0.25) is 0 Å². The summed E-state index contributed by atoms with van der Waals surface area (Å²) >= 11 is 0. The Balaban J connectivity index is 1.95. The van der Waals surface area contributed by atoms with Crippen molar-refractivity contribution in [2.75, 3.05) is 7.05 Å². The number of rotatable bonds is 7. The van der Waals surface area contributed by atoms with Crippen molar-refractivity contribution < 1.29 is 9.53 Å². The van der Waals surface area contributed by atoms with Crippen LogP contribution in [-0.2, 0) is 17.7 Å². The van der Waals surface area contributed by atoms with Gasteiger partial charge in [-0.3, -0.25) is 4.90 Å². The summed E-state index contributed by atoms with van der Waals surface area (Å²) in [6, 6.07) is 1.20. The second-order valence-electron chi connectivity index (χ2n) is 8.97. The fraction of sp³-hybridized carbons (Fsp3) is 0.789. The number of nitrogens with one attached hydrogen (secondary N) is 1. The minimum absolute atomic E-state index is 0.384. The molecular weight excluding hydrogens is 316 g/mol. The van der Waals surface area contributed by atoms with Crippen LogP contribution in [0.4, 0.5) is 4.79 Å². The van der Waals surface area contributed by atoms with Gasteiger partial charge in [-0.15, -0.1) is 0 Å². The second kappa shape index (κ2) is 7.36. The number of hydrogen-bond acceptors (Lipinski definition) is 4. The van der Waals surface area contributed by atoms with Gasteiger partial charge in [0.25, 0.3) is 0 Å². The largest absolute Gasteiger partial charge is 0.444 e. The highest BCUT2D eigenvalue weighted by atomic mass is 16.6. The summed E-state index contributed by atoms with van der Waals surface area (Å²) < 4.78 is 7.57. The van der Waals surface area contributed by atoms with Crippen LogP contribution in [0.3, 0.4) is 0 Å². The summed E-state index contributed by atoms with van der Waals surface area (Å²) in [5.74, 6) is 0. The average Bonchev–Trinajstić information content (AvgIpc) is 3.19. The molecule has 2 rings (SSSR count). The van der Waals surface area contributed by atoms with Crippen LogP contribution >= 0.6 is 0 Å². The quantitative estimate of drug-likeness (QED) is 0.820. The molecule has 1 aliphatic rings. The molecule has 1 unspecified atom stereocenters. The molecule has 0 radical (unpaired) electrons. The fourth-order valence-electron chi connectivity index (χ4n) is 2.99. The zero-order chi connectivity index (χ0) is 18.8. The Labute approximate surface area is 151 Å². The first-order chi connectivity index (χ1) is 11.5. The van der Waals surface area contributed by atoms with E-state index in [2.05, 4.69) is 33.7 Å². The van der Waals surface area contributed by atoms with Crippen LogP contribution < -0.4 is 5.32 Å². The number of carbonyl (C=O) groups excluding carboxylic acids is 1. The number of hydrogen-bond donors (Lipinski definition) is 1.